The van der Waals surface area contributed by atoms with Gasteiger partial charge in [0.2, 0.25) is 0 Å². The Morgan fingerprint density at radius 3 is 2.76 bits per heavy atom. The number of anilines is 1. The summed E-state index contributed by atoms with van der Waals surface area (Å²) in [6.07, 6.45) is 3.97. The lowest BCUT2D eigenvalue weighted by Crippen LogP contribution is -2.53. The Labute approximate surface area is 127 Å². The summed E-state index contributed by atoms with van der Waals surface area (Å²) in [5.74, 6) is -0.133. The molecule has 0 bridgehead atoms. The average Bonchev–Trinajstić information content (AvgIpc) is 2.75. The summed E-state index contributed by atoms with van der Waals surface area (Å²) in [5, 5.41) is 5.40. The summed E-state index contributed by atoms with van der Waals surface area (Å²) in [5.41, 5.74) is 0.425. The molecule has 1 saturated carbocycles. The highest BCUT2D eigenvalue weighted by molar-refractivity contribution is 7.86. The zero-order chi connectivity index (χ0) is 15.0. The standard InChI is InChI=1S/C12H17N3O4S2/c1-21(17,18)19-9-5-15(6-9)12-14-10(7-20-12)11(16)13-8-3-2-4-8/h7-9H,2-6H2,1H3,(H,13,16). The number of amides is 1. The molecule has 1 aromatic rings. The van der Waals surface area contributed by atoms with Crippen LogP contribution in [0.5, 0.6) is 0 Å². The molecule has 1 aliphatic heterocycles. The van der Waals surface area contributed by atoms with Gasteiger partial charge in [0.25, 0.3) is 16.0 Å². The van der Waals surface area contributed by atoms with Crippen LogP contribution in [-0.2, 0) is 14.3 Å². The zero-order valence-corrected chi connectivity index (χ0v) is 13.2. The normalized spacial score (nSPS) is 20.0. The van der Waals surface area contributed by atoms with Gasteiger partial charge < -0.3 is 10.2 Å². The number of thiazole rings is 1. The van der Waals surface area contributed by atoms with Gasteiger partial charge in [-0.05, 0) is 19.3 Å². The van der Waals surface area contributed by atoms with Gasteiger partial charge in [0, 0.05) is 24.5 Å². The van der Waals surface area contributed by atoms with E-state index >= 15 is 0 Å². The summed E-state index contributed by atoms with van der Waals surface area (Å²) in [6, 6.07) is 0.291. The highest BCUT2D eigenvalue weighted by atomic mass is 32.2. The maximum absolute atomic E-state index is 12.0. The van der Waals surface area contributed by atoms with Crippen molar-refractivity contribution in [2.24, 2.45) is 0 Å². The molecule has 1 saturated heterocycles. The van der Waals surface area contributed by atoms with Crippen molar-refractivity contribution in [2.45, 2.75) is 31.4 Å². The number of aromatic nitrogens is 1. The minimum atomic E-state index is -3.42. The first-order chi connectivity index (χ1) is 9.90. The predicted octanol–water partition coefficient (Wildman–Crippen LogP) is 0.590. The molecule has 7 nitrogen and oxygen atoms in total. The van der Waals surface area contributed by atoms with Crippen molar-refractivity contribution in [3.63, 3.8) is 0 Å². The molecule has 0 spiro atoms. The van der Waals surface area contributed by atoms with E-state index in [1.807, 2.05) is 4.90 Å². The van der Waals surface area contributed by atoms with Crippen LogP contribution in [-0.4, -0.2) is 50.8 Å². The lowest BCUT2D eigenvalue weighted by atomic mass is 9.93. The summed E-state index contributed by atoms with van der Waals surface area (Å²) in [4.78, 5) is 18.2. The number of nitrogens with one attached hydrogen (secondary N) is 1. The van der Waals surface area contributed by atoms with Crippen LogP contribution >= 0.6 is 11.3 Å². The fraction of sp³-hybridized carbons (Fsp3) is 0.667. The van der Waals surface area contributed by atoms with Crippen LogP contribution in [0.25, 0.3) is 0 Å². The van der Waals surface area contributed by atoms with E-state index in [1.165, 1.54) is 17.8 Å². The first-order valence-electron chi connectivity index (χ1n) is 6.80. The molecule has 116 valence electrons. The van der Waals surface area contributed by atoms with Crippen molar-refractivity contribution in [2.75, 3.05) is 24.2 Å². The van der Waals surface area contributed by atoms with E-state index in [0.29, 0.717) is 24.8 Å². The maximum atomic E-state index is 12.0. The molecule has 1 N–H and O–H groups in total. The lowest BCUT2D eigenvalue weighted by molar-refractivity contribution is 0.0912. The molecule has 2 heterocycles. The van der Waals surface area contributed by atoms with Crippen LogP contribution in [0.3, 0.4) is 0 Å². The smallest absolute Gasteiger partial charge is 0.271 e. The van der Waals surface area contributed by atoms with Gasteiger partial charge in [-0.15, -0.1) is 11.3 Å². The molecular formula is C12H17N3O4S2. The summed E-state index contributed by atoms with van der Waals surface area (Å²) >= 11 is 1.38. The first-order valence-corrected chi connectivity index (χ1v) is 9.50. The monoisotopic (exact) mass is 331 g/mol. The van der Waals surface area contributed by atoms with Gasteiger partial charge in [0.05, 0.1) is 6.26 Å². The third-order valence-corrected chi connectivity index (χ3v) is 5.12. The maximum Gasteiger partial charge on any atom is 0.271 e. The molecule has 1 aromatic heterocycles. The molecule has 0 atom stereocenters. The van der Waals surface area contributed by atoms with E-state index in [1.54, 1.807) is 5.38 Å². The van der Waals surface area contributed by atoms with Gasteiger partial charge in [-0.3, -0.25) is 8.98 Å². The molecule has 3 rings (SSSR count). The van der Waals surface area contributed by atoms with Gasteiger partial charge >= 0.3 is 0 Å². The first kappa shape index (κ1) is 14.7. The molecule has 2 fully saturated rings. The van der Waals surface area contributed by atoms with Crippen LogP contribution in [0.2, 0.25) is 0 Å². The Bertz CT molecular complexity index is 633. The Hall–Kier alpha value is -1.19. The molecule has 0 unspecified atom stereocenters. The number of hydrogen-bond donors (Lipinski definition) is 1. The van der Waals surface area contributed by atoms with Crippen molar-refractivity contribution < 1.29 is 17.4 Å². The number of nitrogens with zero attached hydrogens (tertiary/aromatic N) is 2. The van der Waals surface area contributed by atoms with Gasteiger partial charge in [0.15, 0.2) is 5.13 Å². The van der Waals surface area contributed by atoms with E-state index in [0.717, 1.165) is 24.2 Å². The van der Waals surface area contributed by atoms with Crippen LogP contribution in [0, 0.1) is 0 Å². The average molecular weight is 331 g/mol. The highest BCUT2D eigenvalue weighted by Crippen LogP contribution is 2.27. The SMILES string of the molecule is CS(=O)(=O)OC1CN(c2nc(C(=O)NC3CCC3)cs2)C1. The molecule has 0 radical (unpaired) electrons. The Kier molecular flexibility index (Phi) is 3.89. The zero-order valence-electron chi connectivity index (χ0n) is 11.6. The largest absolute Gasteiger partial charge is 0.348 e. The van der Waals surface area contributed by atoms with Crippen molar-refractivity contribution >= 4 is 32.5 Å². The van der Waals surface area contributed by atoms with Crippen LogP contribution in [0.1, 0.15) is 29.8 Å². The van der Waals surface area contributed by atoms with Crippen molar-refractivity contribution in [1.82, 2.24) is 10.3 Å². The number of rotatable bonds is 5. The number of carbonyl (C=O) groups is 1. The fourth-order valence-electron chi connectivity index (χ4n) is 2.23. The Balaban J connectivity index is 1.53. The van der Waals surface area contributed by atoms with Gasteiger partial charge in [-0.25, -0.2) is 4.98 Å². The van der Waals surface area contributed by atoms with Crippen LogP contribution < -0.4 is 10.2 Å². The van der Waals surface area contributed by atoms with Crippen molar-refractivity contribution in [1.29, 1.82) is 0 Å². The minimum Gasteiger partial charge on any atom is -0.348 e. The highest BCUT2D eigenvalue weighted by Gasteiger charge is 2.32. The fourth-order valence-corrected chi connectivity index (χ4v) is 3.67. The predicted molar refractivity (Wildman–Crippen MR) is 79.1 cm³/mol. The van der Waals surface area contributed by atoms with E-state index in [9.17, 15) is 13.2 Å². The van der Waals surface area contributed by atoms with Gasteiger partial charge in [-0.1, -0.05) is 0 Å². The second kappa shape index (κ2) is 5.54. The molecule has 1 amide bonds. The summed E-state index contributed by atoms with van der Waals surface area (Å²) < 4.78 is 26.9. The Morgan fingerprint density at radius 1 is 1.48 bits per heavy atom. The van der Waals surface area contributed by atoms with Crippen molar-refractivity contribution in [3.05, 3.63) is 11.1 Å². The van der Waals surface area contributed by atoms with E-state index in [2.05, 4.69) is 10.3 Å². The third-order valence-electron chi connectivity index (χ3n) is 3.59. The second-order valence-corrected chi connectivity index (χ2v) is 7.88. The van der Waals surface area contributed by atoms with E-state index < -0.39 is 10.1 Å². The molecule has 1 aliphatic carbocycles. The quantitative estimate of drug-likeness (QED) is 0.795. The van der Waals surface area contributed by atoms with Crippen LogP contribution in [0.4, 0.5) is 5.13 Å². The topological polar surface area (TPSA) is 88.6 Å². The molecule has 2 aliphatic rings. The third kappa shape index (κ3) is 3.53. The second-order valence-electron chi connectivity index (χ2n) is 5.44. The summed E-state index contributed by atoms with van der Waals surface area (Å²) in [6.45, 7) is 0.953. The van der Waals surface area contributed by atoms with Crippen molar-refractivity contribution in [3.8, 4) is 0 Å². The molecule has 21 heavy (non-hydrogen) atoms. The Morgan fingerprint density at radius 2 is 2.19 bits per heavy atom. The minimum absolute atomic E-state index is 0.133. The molecular weight excluding hydrogens is 314 g/mol. The molecule has 9 heteroatoms. The van der Waals surface area contributed by atoms with E-state index in [4.69, 9.17) is 4.18 Å². The van der Waals surface area contributed by atoms with E-state index in [-0.39, 0.29) is 12.0 Å². The number of carbonyl (C=O) groups excluding carboxylic acids is 1. The molecule has 0 aromatic carbocycles. The summed E-state index contributed by atoms with van der Waals surface area (Å²) in [7, 11) is -3.42. The van der Waals surface area contributed by atoms with Gasteiger partial charge in [-0.2, -0.15) is 8.42 Å². The number of hydrogen-bond acceptors (Lipinski definition) is 7. The van der Waals surface area contributed by atoms with Gasteiger partial charge in [0.1, 0.15) is 11.8 Å². The lowest BCUT2D eigenvalue weighted by Gasteiger charge is -2.37. The van der Waals surface area contributed by atoms with Crippen LogP contribution in [0.15, 0.2) is 5.38 Å².